The molecule has 2 aromatic heterocycles. The van der Waals surface area contributed by atoms with Crippen LogP contribution in [0.4, 0.5) is 0 Å². The standard InChI is InChI=1S/C11H13N3S/c1-3-8(2)10-13-14-11(15-10)9-5-4-6-12-7-9/h4-8H,3H2,1-2H3. The Kier molecular flexibility index (Phi) is 3.06. The van der Waals surface area contributed by atoms with Crippen LogP contribution in [0.2, 0.25) is 0 Å². The smallest absolute Gasteiger partial charge is 0.149 e. The first kappa shape index (κ1) is 10.2. The first-order valence-corrected chi connectivity index (χ1v) is 5.86. The minimum absolute atomic E-state index is 0.493. The molecular weight excluding hydrogens is 206 g/mol. The molecule has 4 heteroatoms. The molecule has 2 heterocycles. The third-order valence-electron chi connectivity index (χ3n) is 2.38. The lowest BCUT2D eigenvalue weighted by Crippen LogP contribution is -1.88. The normalized spacial score (nSPS) is 12.7. The van der Waals surface area contributed by atoms with E-state index in [0.29, 0.717) is 5.92 Å². The number of aromatic nitrogens is 3. The number of rotatable bonds is 3. The molecule has 0 spiro atoms. The van der Waals surface area contributed by atoms with Crippen LogP contribution >= 0.6 is 11.3 Å². The maximum atomic E-state index is 4.20. The van der Waals surface area contributed by atoms with Gasteiger partial charge in [0.05, 0.1) is 0 Å². The number of hydrogen-bond donors (Lipinski definition) is 0. The van der Waals surface area contributed by atoms with Crippen LogP contribution in [0.5, 0.6) is 0 Å². The zero-order valence-electron chi connectivity index (χ0n) is 8.84. The molecule has 0 saturated carbocycles. The van der Waals surface area contributed by atoms with Gasteiger partial charge in [-0.05, 0) is 18.6 Å². The SMILES string of the molecule is CCC(C)c1nnc(-c2cccnc2)s1. The number of nitrogens with zero attached hydrogens (tertiary/aromatic N) is 3. The predicted molar refractivity (Wildman–Crippen MR) is 61.8 cm³/mol. The molecular formula is C11H13N3S. The highest BCUT2D eigenvalue weighted by Crippen LogP contribution is 2.28. The summed E-state index contributed by atoms with van der Waals surface area (Å²) in [5.41, 5.74) is 1.05. The predicted octanol–water partition coefficient (Wildman–Crippen LogP) is 3.11. The fourth-order valence-electron chi connectivity index (χ4n) is 1.21. The molecule has 1 unspecified atom stereocenters. The maximum absolute atomic E-state index is 4.20. The van der Waals surface area contributed by atoms with Crippen molar-refractivity contribution in [2.75, 3.05) is 0 Å². The van der Waals surface area contributed by atoms with E-state index in [4.69, 9.17) is 0 Å². The summed E-state index contributed by atoms with van der Waals surface area (Å²) >= 11 is 1.66. The molecule has 0 aromatic carbocycles. The van der Waals surface area contributed by atoms with Gasteiger partial charge in [-0.15, -0.1) is 10.2 Å². The molecule has 0 saturated heterocycles. The van der Waals surface area contributed by atoms with E-state index in [0.717, 1.165) is 22.0 Å². The van der Waals surface area contributed by atoms with Gasteiger partial charge < -0.3 is 0 Å². The Morgan fingerprint density at radius 2 is 2.27 bits per heavy atom. The molecule has 2 rings (SSSR count). The van der Waals surface area contributed by atoms with Crippen LogP contribution in [-0.4, -0.2) is 15.2 Å². The topological polar surface area (TPSA) is 38.7 Å². The Morgan fingerprint density at radius 3 is 2.93 bits per heavy atom. The monoisotopic (exact) mass is 219 g/mol. The highest BCUT2D eigenvalue weighted by molar-refractivity contribution is 7.14. The molecule has 78 valence electrons. The van der Waals surface area contributed by atoms with Crippen LogP contribution in [-0.2, 0) is 0 Å². The molecule has 0 bridgehead atoms. The van der Waals surface area contributed by atoms with Crippen molar-refractivity contribution in [3.63, 3.8) is 0 Å². The number of pyridine rings is 1. The molecule has 0 aliphatic heterocycles. The average molecular weight is 219 g/mol. The molecule has 0 aliphatic carbocycles. The van der Waals surface area contributed by atoms with Crippen molar-refractivity contribution in [2.45, 2.75) is 26.2 Å². The minimum atomic E-state index is 0.493. The van der Waals surface area contributed by atoms with Gasteiger partial charge in [-0.2, -0.15) is 0 Å². The highest BCUT2D eigenvalue weighted by Gasteiger charge is 2.11. The van der Waals surface area contributed by atoms with Gasteiger partial charge in [0, 0.05) is 23.9 Å². The molecule has 0 fully saturated rings. The molecule has 0 N–H and O–H groups in total. The Hall–Kier alpha value is -1.29. The summed E-state index contributed by atoms with van der Waals surface area (Å²) in [5.74, 6) is 0.493. The van der Waals surface area contributed by atoms with E-state index in [2.05, 4.69) is 29.0 Å². The largest absolute Gasteiger partial charge is 0.264 e. The van der Waals surface area contributed by atoms with Crippen molar-refractivity contribution >= 4 is 11.3 Å². The van der Waals surface area contributed by atoms with Gasteiger partial charge >= 0.3 is 0 Å². The Bertz CT molecular complexity index is 424. The average Bonchev–Trinajstić information content (AvgIpc) is 2.78. The fourth-order valence-corrected chi connectivity index (χ4v) is 2.18. The Labute approximate surface area is 93.2 Å². The molecule has 3 nitrogen and oxygen atoms in total. The second kappa shape index (κ2) is 4.49. The van der Waals surface area contributed by atoms with Crippen LogP contribution in [0.1, 0.15) is 31.2 Å². The summed E-state index contributed by atoms with van der Waals surface area (Å²) < 4.78 is 0. The number of hydrogen-bond acceptors (Lipinski definition) is 4. The van der Waals surface area contributed by atoms with Crippen molar-refractivity contribution in [1.82, 2.24) is 15.2 Å². The van der Waals surface area contributed by atoms with Crippen molar-refractivity contribution in [3.8, 4) is 10.6 Å². The highest BCUT2D eigenvalue weighted by atomic mass is 32.1. The second-order valence-corrected chi connectivity index (χ2v) is 4.51. The lowest BCUT2D eigenvalue weighted by atomic mass is 10.1. The lowest BCUT2D eigenvalue weighted by Gasteiger charge is -1.99. The molecule has 1 atom stereocenters. The van der Waals surface area contributed by atoms with Gasteiger partial charge in [0.1, 0.15) is 10.0 Å². The van der Waals surface area contributed by atoms with E-state index in [1.54, 1.807) is 17.5 Å². The van der Waals surface area contributed by atoms with E-state index in [9.17, 15) is 0 Å². The Balaban J connectivity index is 2.28. The zero-order valence-corrected chi connectivity index (χ0v) is 9.66. The van der Waals surface area contributed by atoms with Crippen LogP contribution in [0, 0.1) is 0 Å². The molecule has 0 amide bonds. The van der Waals surface area contributed by atoms with Gasteiger partial charge in [-0.3, -0.25) is 4.98 Å². The van der Waals surface area contributed by atoms with Gasteiger partial charge in [-0.25, -0.2) is 0 Å². The van der Waals surface area contributed by atoms with E-state index in [-0.39, 0.29) is 0 Å². The summed E-state index contributed by atoms with van der Waals surface area (Å²) in [6.07, 6.45) is 4.68. The summed E-state index contributed by atoms with van der Waals surface area (Å²) in [7, 11) is 0. The third-order valence-corrected chi connectivity index (χ3v) is 3.59. The van der Waals surface area contributed by atoms with Gasteiger partial charge in [0.25, 0.3) is 0 Å². The molecule has 2 aromatic rings. The maximum Gasteiger partial charge on any atom is 0.149 e. The van der Waals surface area contributed by atoms with Crippen molar-refractivity contribution < 1.29 is 0 Å². The van der Waals surface area contributed by atoms with E-state index in [1.807, 2.05) is 18.3 Å². The summed E-state index contributed by atoms with van der Waals surface area (Å²) in [5, 5.41) is 10.5. The van der Waals surface area contributed by atoms with Crippen molar-refractivity contribution in [3.05, 3.63) is 29.5 Å². The molecule has 0 aliphatic rings. The first-order valence-electron chi connectivity index (χ1n) is 5.05. The first-order chi connectivity index (χ1) is 7.31. The molecule has 0 radical (unpaired) electrons. The van der Waals surface area contributed by atoms with Gasteiger partial charge in [0.15, 0.2) is 0 Å². The third kappa shape index (κ3) is 2.21. The minimum Gasteiger partial charge on any atom is -0.264 e. The summed E-state index contributed by atoms with van der Waals surface area (Å²) in [6.45, 7) is 4.34. The zero-order chi connectivity index (χ0) is 10.7. The van der Waals surface area contributed by atoms with Gasteiger partial charge in [-0.1, -0.05) is 25.2 Å². The van der Waals surface area contributed by atoms with Crippen LogP contribution in [0.25, 0.3) is 10.6 Å². The summed E-state index contributed by atoms with van der Waals surface area (Å²) in [4.78, 5) is 4.07. The lowest BCUT2D eigenvalue weighted by molar-refractivity contribution is 0.715. The molecule has 15 heavy (non-hydrogen) atoms. The van der Waals surface area contributed by atoms with Gasteiger partial charge in [0.2, 0.25) is 0 Å². The summed E-state index contributed by atoms with van der Waals surface area (Å²) in [6, 6.07) is 3.92. The van der Waals surface area contributed by atoms with E-state index < -0.39 is 0 Å². The van der Waals surface area contributed by atoms with Crippen molar-refractivity contribution in [1.29, 1.82) is 0 Å². The van der Waals surface area contributed by atoms with Crippen LogP contribution < -0.4 is 0 Å². The quantitative estimate of drug-likeness (QED) is 0.796. The van der Waals surface area contributed by atoms with Crippen LogP contribution in [0.3, 0.4) is 0 Å². The van der Waals surface area contributed by atoms with E-state index >= 15 is 0 Å². The van der Waals surface area contributed by atoms with E-state index in [1.165, 1.54) is 0 Å². The second-order valence-electron chi connectivity index (χ2n) is 3.50. The Morgan fingerprint density at radius 1 is 1.40 bits per heavy atom. The fraction of sp³-hybridized carbons (Fsp3) is 0.364. The van der Waals surface area contributed by atoms with Crippen molar-refractivity contribution in [2.24, 2.45) is 0 Å². The van der Waals surface area contributed by atoms with Crippen LogP contribution in [0.15, 0.2) is 24.5 Å².